The molecule has 0 unspecified atom stereocenters. The Balaban J connectivity index is 3.06. The molecule has 0 aromatic rings. The Labute approximate surface area is 86.2 Å². The van der Waals surface area contributed by atoms with Gasteiger partial charge < -0.3 is 0 Å². The Hall–Kier alpha value is -1.11. The zero-order valence-electron chi connectivity index (χ0n) is 9.48. The lowest BCUT2D eigenvalue weighted by Crippen LogP contribution is -2.08. The van der Waals surface area contributed by atoms with Crippen LogP contribution in [0.4, 0.5) is 0 Å². The van der Waals surface area contributed by atoms with Crippen molar-refractivity contribution in [3.63, 3.8) is 0 Å². The van der Waals surface area contributed by atoms with Gasteiger partial charge in [-0.2, -0.15) is 0 Å². The normalized spacial score (nSPS) is 18.3. The molecular formula is C13H18O. The first kappa shape index (κ1) is 11.0. The van der Waals surface area contributed by atoms with E-state index in [9.17, 15) is 4.79 Å². The molecule has 1 heteroatoms. The highest BCUT2D eigenvalue weighted by atomic mass is 16.1. The van der Waals surface area contributed by atoms with Crippen molar-refractivity contribution in [2.24, 2.45) is 0 Å². The van der Waals surface area contributed by atoms with E-state index in [2.05, 4.69) is 20.8 Å². The fraction of sp³-hybridized carbons (Fsp3) is 0.462. The van der Waals surface area contributed by atoms with Gasteiger partial charge >= 0.3 is 0 Å². The van der Waals surface area contributed by atoms with E-state index in [0.29, 0.717) is 0 Å². The second-order valence-corrected chi connectivity index (χ2v) is 3.87. The van der Waals surface area contributed by atoms with Gasteiger partial charge in [-0.05, 0) is 57.8 Å². The Morgan fingerprint density at radius 2 is 1.79 bits per heavy atom. The predicted molar refractivity (Wildman–Crippen MR) is 60.1 cm³/mol. The summed E-state index contributed by atoms with van der Waals surface area (Å²) in [5.74, 6) is 0.178. The second-order valence-electron chi connectivity index (χ2n) is 3.87. The maximum absolute atomic E-state index is 11.7. The summed E-state index contributed by atoms with van der Waals surface area (Å²) in [6, 6.07) is 0. The second kappa shape index (κ2) is 4.41. The predicted octanol–water partition coefficient (Wildman–Crippen LogP) is 3.58. The number of carbonyl (C=O) groups is 1. The average molecular weight is 190 g/mol. The molecule has 1 aliphatic rings. The smallest absolute Gasteiger partial charge is 0.181 e. The van der Waals surface area contributed by atoms with Gasteiger partial charge in [-0.25, -0.2) is 0 Å². The molecule has 0 aromatic carbocycles. The van der Waals surface area contributed by atoms with Gasteiger partial charge in [-0.15, -0.1) is 0 Å². The highest BCUT2D eigenvalue weighted by Crippen LogP contribution is 2.30. The molecule has 0 N–H and O–H groups in total. The van der Waals surface area contributed by atoms with Crippen LogP contribution in [0, 0.1) is 0 Å². The van der Waals surface area contributed by atoms with E-state index in [4.69, 9.17) is 0 Å². The van der Waals surface area contributed by atoms with Crippen LogP contribution in [-0.2, 0) is 4.79 Å². The molecule has 76 valence electrons. The maximum atomic E-state index is 11.7. The topological polar surface area (TPSA) is 17.1 Å². The zero-order chi connectivity index (χ0) is 10.7. The SMILES string of the molecule is CC=CC(=O)C1=C(C)C(C)=C(C)CC1. The Morgan fingerprint density at radius 3 is 2.36 bits per heavy atom. The molecular weight excluding hydrogens is 172 g/mol. The maximum Gasteiger partial charge on any atom is 0.181 e. The Morgan fingerprint density at radius 1 is 1.14 bits per heavy atom. The van der Waals surface area contributed by atoms with Crippen LogP contribution in [0.2, 0.25) is 0 Å². The molecule has 0 atom stereocenters. The summed E-state index contributed by atoms with van der Waals surface area (Å²) >= 11 is 0. The summed E-state index contributed by atoms with van der Waals surface area (Å²) in [7, 11) is 0. The van der Waals surface area contributed by atoms with Crippen molar-refractivity contribution < 1.29 is 4.79 Å². The quantitative estimate of drug-likeness (QED) is 0.608. The van der Waals surface area contributed by atoms with Crippen LogP contribution in [0.1, 0.15) is 40.5 Å². The van der Waals surface area contributed by atoms with Gasteiger partial charge in [0.15, 0.2) is 5.78 Å². The van der Waals surface area contributed by atoms with Crippen LogP contribution >= 0.6 is 0 Å². The molecule has 14 heavy (non-hydrogen) atoms. The first-order valence-electron chi connectivity index (χ1n) is 5.11. The van der Waals surface area contributed by atoms with Crippen molar-refractivity contribution in [1.82, 2.24) is 0 Å². The summed E-state index contributed by atoms with van der Waals surface area (Å²) in [5.41, 5.74) is 4.88. The minimum absolute atomic E-state index is 0.178. The third kappa shape index (κ3) is 2.03. The standard InChI is InChI=1S/C13H18O/c1-5-6-13(14)12-8-7-9(2)10(3)11(12)4/h5-6H,7-8H2,1-4H3. The summed E-state index contributed by atoms with van der Waals surface area (Å²) < 4.78 is 0. The van der Waals surface area contributed by atoms with Gasteiger partial charge in [-0.1, -0.05) is 11.6 Å². The molecule has 0 saturated carbocycles. The van der Waals surface area contributed by atoms with Gasteiger partial charge in [0, 0.05) is 5.57 Å². The number of hydrogen-bond donors (Lipinski definition) is 0. The molecule has 0 fully saturated rings. The minimum Gasteiger partial charge on any atom is -0.290 e. The molecule has 1 rings (SSSR count). The van der Waals surface area contributed by atoms with Crippen molar-refractivity contribution >= 4 is 5.78 Å². The molecule has 0 bridgehead atoms. The average Bonchev–Trinajstić information content (AvgIpc) is 2.15. The van der Waals surface area contributed by atoms with Gasteiger partial charge in [-0.3, -0.25) is 4.79 Å². The van der Waals surface area contributed by atoms with E-state index < -0.39 is 0 Å². The first-order valence-corrected chi connectivity index (χ1v) is 5.11. The summed E-state index contributed by atoms with van der Waals surface area (Å²) in [5, 5.41) is 0. The van der Waals surface area contributed by atoms with E-state index in [1.165, 1.54) is 16.7 Å². The largest absolute Gasteiger partial charge is 0.290 e. The van der Waals surface area contributed by atoms with Crippen molar-refractivity contribution in [3.8, 4) is 0 Å². The molecule has 1 nitrogen and oxygen atoms in total. The van der Waals surface area contributed by atoms with Crippen LogP contribution in [0.5, 0.6) is 0 Å². The minimum atomic E-state index is 0.178. The molecule has 0 radical (unpaired) electrons. The molecule has 0 heterocycles. The van der Waals surface area contributed by atoms with E-state index in [1.54, 1.807) is 6.08 Å². The molecule has 0 amide bonds. The summed E-state index contributed by atoms with van der Waals surface area (Å²) in [6.45, 7) is 8.18. The number of allylic oxidation sites excluding steroid dienone is 6. The van der Waals surface area contributed by atoms with Crippen LogP contribution < -0.4 is 0 Å². The Bertz CT molecular complexity index is 340. The third-order valence-electron chi connectivity index (χ3n) is 3.02. The highest BCUT2D eigenvalue weighted by molar-refractivity contribution is 6.05. The van der Waals surface area contributed by atoms with Crippen LogP contribution in [0.15, 0.2) is 34.4 Å². The fourth-order valence-corrected chi connectivity index (χ4v) is 1.79. The fourth-order valence-electron chi connectivity index (χ4n) is 1.79. The van der Waals surface area contributed by atoms with Crippen molar-refractivity contribution in [3.05, 3.63) is 34.4 Å². The molecule has 1 aliphatic carbocycles. The number of ketones is 1. The lowest BCUT2D eigenvalue weighted by molar-refractivity contribution is -0.111. The van der Waals surface area contributed by atoms with Gasteiger partial charge in [0.1, 0.15) is 0 Å². The van der Waals surface area contributed by atoms with Crippen LogP contribution in [-0.4, -0.2) is 5.78 Å². The lowest BCUT2D eigenvalue weighted by atomic mass is 9.86. The van der Waals surface area contributed by atoms with E-state index >= 15 is 0 Å². The van der Waals surface area contributed by atoms with Crippen molar-refractivity contribution in [2.75, 3.05) is 0 Å². The van der Waals surface area contributed by atoms with E-state index in [-0.39, 0.29) is 5.78 Å². The lowest BCUT2D eigenvalue weighted by Gasteiger charge is -2.19. The highest BCUT2D eigenvalue weighted by Gasteiger charge is 2.16. The van der Waals surface area contributed by atoms with Crippen LogP contribution in [0.3, 0.4) is 0 Å². The Kier molecular flexibility index (Phi) is 3.45. The third-order valence-corrected chi connectivity index (χ3v) is 3.02. The number of rotatable bonds is 2. The van der Waals surface area contributed by atoms with E-state index in [0.717, 1.165) is 18.4 Å². The molecule has 0 aliphatic heterocycles. The monoisotopic (exact) mass is 190 g/mol. The first-order chi connectivity index (χ1) is 6.57. The number of hydrogen-bond acceptors (Lipinski definition) is 1. The summed E-state index contributed by atoms with van der Waals surface area (Å²) in [4.78, 5) is 11.7. The molecule has 0 saturated heterocycles. The zero-order valence-corrected chi connectivity index (χ0v) is 9.48. The summed E-state index contributed by atoms with van der Waals surface area (Å²) in [6.07, 6.45) is 5.40. The van der Waals surface area contributed by atoms with Crippen molar-refractivity contribution in [1.29, 1.82) is 0 Å². The van der Waals surface area contributed by atoms with Gasteiger partial charge in [0.25, 0.3) is 0 Å². The van der Waals surface area contributed by atoms with Gasteiger partial charge in [0.05, 0.1) is 0 Å². The van der Waals surface area contributed by atoms with Crippen molar-refractivity contribution in [2.45, 2.75) is 40.5 Å². The van der Waals surface area contributed by atoms with Gasteiger partial charge in [0.2, 0.25) is 0 Å². The molecule has 0 aromatic heterocycles. The van der Waals surface area contributed by atoms with E-state index in [1.807, 2.05) is 13.0 Å². The number of carbonyl (C=O) groups excluding carboxylic acids is 1. The van der Waals surface area contributed by atoms with Crippen LogP contribution in [0.25, 0.3) is 0 Å². The molecule has 0 spiro atoms.